The van der Waals surface area contributed by atoms with E-state index in [9.17, 15) is 14.7 Å². The molecule has 2 rings (SSSR count). The molecule has 116 valence electrons. The summed E-state index contributed by atoms with van der Waals surface area (Å²) in [5, 5.41) is 19.1. The topological polar surface area (TPSA) is 119 Å². The third-order valence-corrected chi connectivity index (χ3v) is 3.53. The van der Waals surface area contributed by atoms with E-state index < -0.39 is 11.7 Å². The number of oxime groups is 1. The van der Waals surface area contributed by atoms with E-state index in [4.69, 9.17) is 16.4 Å². The van der Waals surface area contributed by atoms with Gasteiger partial charge in [-0.3, -0.25) is 9.48 Å². The van der Waals surface area contributed by atoms with Crippen LogP contribution in [0.5, 0.6) is 0 Å². The number of hydrogen-bond donors (Lipinski definition) is 2. The smallest absolute Gasteiger partial charge is 0.360 e. The van der Waals surface area contributed by atoms with Crippen molar-refractivity contribution in [3.8, 4) is 0 Å². The summed E-state index contributed by atoms with van der Waals surface area (Å²) in [7, 11) is 1.74. The van der Waals surface area contributed by atoms with Gasteiger partial charge in [-0.1, -0.05) is 28.1 Å². The lowest BCUT2D eigenvalue weighted by atomic mass is 10.3. The minimum absolute atomic E-state index is 0.0474. The molecule has 2 heterocycles. The SMILES string of the molecule is Cn1cc(CON=C(C(=O)O)c2nc(NC=O)sc2Cl)cn1. The number of carbonyl (C=O) groups is 2. The Labute approximate surface area is 133 Å². The fourth-order valence-corrected chi connectivity index (χ4v) is 2.46. The molecule has 0 fully saturated rings. The number of halogens is 1. The highest BCUT2D eigenvalue weighted by Crippen LogP contribution is 2.28. The fourth-order valence-electron chi connectivity index (χ4n) is 1.46. The Morgan fingerprint density at radius 3 is 3.05 bits per heavy atom. The molecule has 1 amide bonds. The van der Waals surface area contributed by atoms with Gasteiger partial charge in [0.1, 0.15) is 16.6 Å². The summed E-state index contributed by atoms with van der Waals surface area (Å²) in [6.07, 6.45) is 3.69. The number of rotatable bonds is 7. The molecule has 22 heavy (non-hydrogen) atoms. The Morgan fingerprint density at radius 1 is 1.68 bits per heavy atom. The van der Waals surface area contributed by atoms with Crippen LogP contribution in [0, 0.1) is 0 Å². The predicted molar refractivity (Wildman–Crippen MR) is 79.0 cm³/mol. The monoisotopic (exact) mass is 343 g/mol. The van der Waals surface area contributed by atoms with E-state index in [1.807, 2.05) is 0 Å². The van der Waals surface area contributed by atoms with Gasteiger partial charge in [-0.25, -0.2) is 9.78 Å². The average molecular weight is 344 g/mol. The highest BCUT2D eigenvalue weighted by molar-refractivity contribution is 7.20. The zero-order chi connectivity index (χ0) is 16.1. The number of carboxylic acid groups (broad SMARTS) is 1. The van der Waals surface area contributed by atoms with Crippen LogP contribution in [0.3, 0.4) is 0 Å². The number of thiazole rings is 1. The van der Waals surface area contributed by atoms with Crippen LogP contribution in [0.15, 0.2) is 17.5 Å². The van der Waals surface area contributed by atoms with Gasteiger partial charge in [-0.2, -0.15) is 5.10 Å². The van der Waals surface area contributed by atoms with Crippen LogP contribution in [0.25, 0.3) is 0 Å². The van der Waals surface area contributed by atoms with Crippen molar-refractivity contribution < 1.29 is 19.5 Å². The van der Waals surface area contributed by atoms with Crippen LogP contribution in [0.1, 0.15) is 11.3 Å². The Hall–Kier alpha value is -2.46. The van der Waals surface area contributed by atoms with Crippen LogP contribution in [-0.2, 0) is 28.1 Å². The van der Waals surface area contributed by atoms with Crippen molar-refractivity contribution in [2.75, 3.05) is 5.32 Å². The normalized spacial score (nSPS) is 11.3. The van der Waals surface area contributed by atoms with Crippen molar-refractivity contribution >= 4 is 46.2 Å². The first kappa shape index (κ1) is 15.9. The molecule has 0 aliphatic rings. The van der Waals surface area contributed by atoms with Crippen LogP contribution in [0.4, 0.5) is 5.13 Å². The molecule has 0 bridgehead atoms. The molecule has 0 aliphatic carbocycles. The summed E-state index contributed by atoms with van der Waals surface area (Å²) < 4.78 is 1.66. The van der Waals surface area contributed by atoms with Gasteiger partial charge in [0.25, 0.3) is 0 Å². The Bertz CT molecular complexity index is 726. The lowest BCUT2D eigenvalue weighted by Gasteiger charge is -2.00. The van der Waals surface area contributed by atoms with Gasteiger partial charge in [0, 0.05) is 18.8 Å². The molecule has 11 heteroatoms. The Kier molecular flexibility index (Phi) is 5.07. The van der Waals surface area contributed by atoms with Gasteiger partial charge in [-0.05, 0) is 0 Å². The maximum atomic E-state index is 11.3. The first-order valence-electron chi connectivity index (χ1n) is 5.79. The number of hydrogen-bond acceptors (Lipinski definition) is 7. The highest BCUT2D eigenvalue weighted by Gasteiger charge is 2.22. The number of aromatic nitrogens is 3. The molecular weight excluding hydrogens is 334 g/mol. The second kappa shape index (κ2) is 7.00. The molecule has 2 aromatic rings. The van der Waals surface area contributed by atoms with E-state index in [1.165, 1.54) is 0 Å². The van der Waals surface area contributed by atoms with E-state index in [-0.39, 0.29) is 21.8 Å². The number of anilines is 1. The van der Waals surface area contributed by atoms with E-state index in [0.29, 0.717) is 6.41 Å². The number of carbonyl (C=O) groups excluding carboxylic acids is 1. The highest BCUT2D eigenvalue weighted by atomic mass is 35.5. The van der Waals surface area contributed by atoms with Gasteiger partial charge in [0.15, 0.2) is 5.13 Å². The largest absolute Gasteiger partial charge is 0.476 e. The molecular formula is C11H10ClN5O4S. The average Bonchev–Trinajstić information content (AvgIpc) is 3.01. The van der Waals surface area contributed by atoms with E-state index in [2.05, 4.69) is 20.6 Å². The van der Waals surface area contributed by atoms with E-state index in [1.54, 1.807) is 24.1 Å². The summed E-state index contributed by atoms with van der Waals surface area (Å²) in [5.74, 6) is -1.35. The molecule has 0 atom stereocenters. The number of nitrogens with zero attached hydrogens (tertiary/aromatic N) is 4. The van der Waals surface area contributed by atoms with Gasteiger partial charge < -0.3 is 15.3 Å². The zero-order valence-electron chi connectivity index (χ0n) is 11.2. The number of nitrogens with one attached hydrogen (secondary N) is 1. The third-order valence-electron chi connectivity index (χ3n) is 2.34. The van der Waals surface area contributed by atoms with Gasteiger partial charge in [-0.15, -0.1) is 0 Å². The molecule has 0 radical (unpaired) electrons. The maximum Gasteiger partial charge on any atom is 0.360 e. The second-order valence-corrected chi connectivity index (χ2v) is 5.55. The van der Waals surface area contributed by atoms with Crippen LogP contribution in [0.2, 0.25) is 4.34 Å². The standard InChI is InChI=1S/C11H10ClN5O4S/c1-17-3-6(2-14-17)4-21-16-8(10(19)20)7-9(12)22-11(15-7)13-5-18/h2-3,5H,4H2,1H3,(H,19,20)(H,13,15,18). The molecule has 0 saturated heterocycles. The zero-order valence-corrected chi connectivity index (χ0v) is 12.8. The third kappa shape index (κ3) is 3.80. The second-order valence-electron chi connectivity index (χ2n) is 3.94. The van der Waals surface area contributed by atoms with E-state index >= 15 is 0 Å². The molecule has 0 spiro atoms. The molecule has 0 unspecified atom stereocenters. The predicted octanol–water partition coefficient (Wildman–Crippen LogP) is 1.10. The maximum absolute atomic E-state index is 11.3. The van der Waals surface area contributed by atoms with Crippen molar-refractivity contribution in [1.29, 1.82) is 0 Å². The summed E-state index contributed by atoms with van der Waals surface area (Å²) >= 11 is 6.82. The fraction of sp³-hybridized carbons (Fsp3) is 0.182. The molecule has 9 nitrogen and oxygen atoms in total. The molecule has 0 aliphatic heterocycles. The van der Waals surface area contributed by atoms with Crippen LogP contribution in [-0.4, -0.2) is 38.0 Å². The van der Waals surface area contributed by atoms with Crippen LogP contribution >= 0.6 is 22.9 Å². The van der Waals surface area contributed by atoms with Crippen molar-refractivity contribution in [3.05, 3.63) is 28.0 Å². The van der Waals surface area contributed by atoms with Crippen molar-refractivity contribution in [2.45, 2.75) is 6.61 Å². The van der Waals surface area contributed by atoms with Gasteiger partial charge in [0.05, 0.1) is 6.20 Å². The molecule has 2 aromatic heterocycles. The minimum Gasteiger partial charge on any atom is -0.476 e. The summed E-state index contributed by atoms with van der Waals surface area (Å²) in [5.41, 5.74) is 0.197. The van der Waals surface area contributed by atoms with Gasteiger partial charge in [0.2, 0.25) is 12.1 Å². The number of aliphatic carboxylic acids is 1. The van der Waals surface area contributed by atoms with Crippen molar-refractivity contribution in [2.24, 2.45) is 12.2 Å². The van der Waals surface area contributed by atoms with E-state index in [0.717, 1.165) is 16.9 Å². The van der Waals surface area contributed by atoms with Crippen LogP contribution < -0.4 is 5.32 Å². The number of amides is 1. The quantitative estimate of drug-likeness (QED) is 0.441. The minimum atomic E-state index is -1.35. The Morgan fingerprint density at radius 2 is 2.45 bits per heavy atom. The van der Waals surface area contributed by atoms with Gasteiger partial charge >= 0.3 is 5.97 Å². The molecule has 2 N–H and O–H groups in total. The number of carboxylic acids is 1. The summed E-state index contributed by atoms with van der Waals surface area (Å²) in [6.45, 7) is 0.0474. The molecule has 0 aromatic carbocycles. The lowest BCUT2D eigenvalue weighted by molar-refractivity contribution is -0.129. The Balaban J connectivity index is 2.16. The van der Waals surface area contributed by atoms with Crippen molar-refractivity contribution in [1.82, 2.24) is 14.8 Å². The lowest BCUT2D eigenvalue weighted by Crippen LogP contribution is -2.16. The summed E-state index contributed by atoms with van der Waals surface area (Å²) in [6, 6.07) is 0. The molecule has 0 saturated carbocycles. The van der Waals surface area contributed by atoms with Crippen molar-refractivity contribution in [3.63, 3.8) is 0 Å². The first-order valence-corrected chi connectivity index (χ1v) is 6.98. The first-order chi connectivity index (χ1) is 10.5. The summed E-state index contributed by atoms with van der Waals surface area (Å²) in [4.78, 5) is 30.5. The number of aryl methyl sites for hydroxylation is 1.